The molecule has 0 aliphatic heterocycles. The fourth-order valence-electron chi connectivity index (χ4n) is 3.88. The number of aliphatic hydroxyl groups excluding tert-OH is 1. The lowest BCUT2D eigenvalue weighted by molar-refractivity contribution is -0.141. The van der Waals surface area contributed by atoms with Crippen LogP contribution in [0.4, 0.5) is 23.2 Å². The molecular formula is C27H29F4N3O4S. The van der Waals surface area contributed by atoms with Crippen LogP contribution in [0.25, 0.3) is 0 Å². The molecule has 1 aromatic heterocycles. The maximum absolute atomic E-state index is 15.2. The highest BCUT2D eigenvalue weighted by atomic mass is 32.2. The molecule has 0 aliphatic rings. The van der Waals surface area contributed by atoms with Crippen molar-refractivity contribution >= 4 is 21.4 Å². The number of pyridine rings is 1. The molecule has 0 saturated heterocycles. The minimum Gasteiger partial charge on any atom is -0.394 e. The number of nitrogens with zero attached hydrogens (tertiary/aromatic N) is 2. The molecule has 3 rings (SSSR count). The van der Waals surface area contributed by atoms with Crippen molar-refractivity contribution in [2.45, 2.75) is 50.5 Å². The summed E-state index contributed by atoms with van der Waals surface area (Å²) in [7, 11) is -3.41. The van der Waals surface area contributed by atoms with Crippen molar-refractivity contribution in [3.05, 3.63) is 89.0 Å². The van der Waals surface area contributed by atoms with Crippen LogP contribution in [-0.2, 0) is 22.6 Å². The summed E-state index contributed by atoms with van der Waals surface area (Å²) in [4.78, 5) is 18.1. The number of carbonyl (C=O) groups is 1. The molecule has 1 unspecified atom stereocenters. The van der Waals surface area contributed by atoms with Crippen LogP contribution in [0.15, 0.2) is 65.6 Å². The molecule has 210 valence electrons. The molecule has 0 bridgehead atoms. The lowest BCUT2D eigenvalue weighted by atomic mass is 10.1. The number of benzene rings is 2. The standard InChI is InChI=1S/C27H29F4N3O4S/c1-4-39(37,38)21-11-8-18(9-12-21)23(16-35)33-26(36)19-10-13-24(22(28)14-19)34(17(2)3)15-20-6-5-7-25(32-20)27(29,30)31/h5-14,17,23,35H,4,15-16H2,1-3H3,(H,33,36). The summed E-state index contributed by atoms with van der Waals surface area (Å²) in [6, 6.07) is 11.8. The van der Waals surface area contributed by atoms with Gasteiger partial charge in [-0.1, -0.05) is 25.1 Å². The van der Waals surface area contributed by atoms with Crippen molar-refractivity contribution in [1.82, 2.24) is 10.3 Å². The minimum atomic E-state index is -4.61. The first-order valence-corrected chi connectivity index (χ1v) is 13.8. The molecule has 0 radical (unpaired) electrons. The molecule has 0 fully saturated rings. The number of anilines is 1. The summed E-state index contributed by atoms with van der Waals surface area (Å²) in [5.41, 5.74) is -0.454. The Morgan fingerprint density at radius 3 is 2.28 bits per heavy atom. The van der Waals surface area contributed by atoms with E-state index in [1.54, 1.807) is 13.8 Å². The number of carbonyl (C=O) groups excluding carboxylic acids is 1. The van der Waals surface area contributed by atoms with E-state index in [2.05, 4.69) is 10.3 Å². The van der Waals surface area contributed by atoms with Gasteiger partial charge < -0.3 is 15.3 Å². The topological polar surface area (TPSA) is 99.6 Å². The van der Waals surface area contributed by atoms with Crippen LogP contribution in [0.3, 0.4) is 0 Å². The van der Waals surface area contributed by atoms with Gasteiger partial charge in [0.2, 0.25) is 0 Å². The molecule has 2 aromatic carbocycles. The van der Waals surface area contributed by atoms with Gasteiger partial charge in [-0.05, 0) is 61.9 Å². The zero-order valence-corrected chi connectivity index (χ0v) is 22.4. The lowest BCUT2D eigenvalue weighted by Crippen LogP contribution is -2.32. The summed E-state index contributed by atoms with van der Waals surface area (Å²) in [5, 5.41) is 12.4. The van der Waals surface area contributed by atoms with Crippen LogP contribution in [-0.4, -0.2) is 42.8 Å². The number of hydrogen-bond donors (Lipinski definition) is 2. The first-order chi connectivity index (χ1) is 18.3. The van der Waals surface area contributed by atoms with Gasteiger partial charge in [0.25, 0.3) is 5.91 Å². The zero-order valence-electron chi connectivity index (χ0n) is 21.5. The Bertz CT molecular complexity index is 1410. The number of nitrogens with one attached hydrogen (secondary N) is 1. The normalized spacial score (nSPS) is 12.8. The van der Waals surface area contributed by atoms with E-state index in [1.807, 2.05) is 0 Å². The van der Waals surface area contributed by atoms with E-state index in [1.165, 1.54) is 60.4 Å². The highest BCUT2D eigenvalue weighted by Crippen LogP contribution is 2.29. The average Bonchev–Trinajstić information content (AvgIpc) is 2.90. The Labute approximate surface area is 224 Å². The molecule has 39 heavy (non-hydrogen) atoms. The number of hydrogen-bond acceptors (Lipinski definition) is 6. The zero-order chi connectivity index (χ0) is 29.0. The minimum absolute atomic E-state index is 0.0409. The number of aromatic nitrogens is 1. The number of rotatable bonds is 10. The van der Waals surface area contributed by atoms with Crippen LogP contribution < -0.4 is 10.2 Å². The van der Waals surface area contributed by atoms with Crippen molar-refractivity contribution in [3.63, 3.8) is 0 Å². The molecular weight excluding hydrogens is 538 g/mol. The Hall–Kier alpha value is -3.51. The number of amides is 1. The van der Waals surface area contributed by atoms with Gasteiger partial charge in [0.15, 0.2) is 9.84 Å². The fourth-order valence-corrected chi connectivity index (χ4v) is 4.76. The van der Waals surface area contributed by atoms with E-state index in [-0.39, 0.29) is 40.2 Å². The van der Waals surface area contributed by atoms with Gasteiger partial charge in [0, 0.05) is 11.6 Å². The van der Waals surface area contributed by atoms with Crippen molar-refractivity contribution in [2.24, 2.45) is 0 Å². The molecule has 7 nitrogen and oxygen atoms in total. The molecule has 12 heteroatoms. The van der Waals surface area contributed by atoms with Gasteiger partial charge in [-0.15, -0.1) is 0 Å². The summed E-state index contributed by atoms with van der Waals surface area (Å²) in [6.45, 7) is 4.43. The van der Waals surface area contributed by atoms with Gasteiger partial charge in [0.1, 0.15) is 11.5 Å². The van der Waals surface area contributed by atoms with Gasteiger partial charge in [-0.2, -0.15) is 13.2 Å². The summed E-state index contributed by atoms with van der Waals surface area (Å²) >= 11 is 0. The fraction of sp³-hybridized carbons (Fsp3) is 0.333. The third-order valence-corrected chi connectivity index (χ3v) is 7.83. The second-order valence-corrected chi connectivity index (χ2v) is 11.4. The average molecular weight is 568 g/mol. The maximum atomic E-state index is 15.2. The predicted molar refractivity (Wildman–Crippen MR) is 138 cm³/mol. The summed E-state index contributed by atoms with van der Waals surface area (Å²) in [5.74, 6) is -1.52. The van der Waals surface area contributed by atoms with Crippen molar-refractivity contribution in [3.8, 4) is 0 Å². The van der Waals surface area contributed by atoms with Gasteiger partial charge in [-0.3, -0.25) is 4.79 Å². The van der Waals surface area contributed by atoms with Crippen LogP contribution in [0, 0.1) is 5.82 Å². The van der Waals surface area contributed by atoms with Crippen molar-refractivity contribution in [1.29, 1.82) is 0 Å². The van der Waals surface area contributed by atoms with E-state index >= 15 is 4.39 Å². The maximum Gasteiger partial charge on any atom is 0.433 e. The number of aliphatic hydroxyl groups is 1. The molecule has 1 atom stereocenters. The third-order valence-electron chi connectivity index (χ3n) is 6.08. The summed E-state index contributed by atoms with van der Waals surface area (Å²) < 4.78 is 78.4. The van der Waals surface area contributed by atoms with E-state index in [0.29, 0.717) is 5.56 Å². The van der Waals surface area contributed by atoms with Gasteiger partial charge >= 0.3 is 6.18 Å². The number of halogens is 4. The summed E-state index contributed by atoms with van der Waals surface area (Å²) in [6.07, 6.45) is -4.61. The van der Waals surface area contributed by atoms with E-state index < -0.39 is 46.1 Å². The van der Waals surface area contributed by atoms with Crippen LogP contribution in [0.2, 0.25) is 0 Å². The Kier molecular flexibility index (Phi) is 9.34. The first-order valence-electron chi connectivity index (χ1n) is 12.1. The molecule has 1 amide bonds. The van der Waals surface area contributed by atoms with Crippen LogP contribution in [0.1, 0.15) is 54.1 Å². The van der Waals surface area contributed by atoms with Crippen LogP contribution in [0.5, 0.6) is 0 Å². The third kappa shape index (κ3) is 7.33. The highest BCUT2D eigenvalue weighted by Gasteiger charge is 2.32. The number of alkyl halides is 3. The quantitative estimate of drug-likeness (QED) is 0.338. The second kappa shape index (κ2) is 12.1. The number of sulfone groups is 1. The lowest BCUT2D eigenvalue weighted by Gasteiger charge is -2.29. The van der Waals surface area contributed by atoms with Crippen molar-refractivity contribution in [2.75, 3.05) is 17.3 Å². The van der Waals surface area contributed by atoms with Crippen molar-refractivity contribution < 1.29 is 35.9 Å². The molecule has 0 saturated carbocycles. The molecule has 0 aliphatic carbocycles. The predicted octanol–water partition coefficient (Wildman–Crippen LogP) is 4.91. The first kappa shape index (κ1) is 30.0. The largest absolute Gasteiger partial charge is 0.433 e. The Morgan fingerprint density at radius 1 is 1.08 bits per heavy atom. The van der Waals surface area contributed by atoms with Crippen LogP contribution >= 0.6 is 0 Å². The highest BCUT2D eigenvalue weighted by molar-refractivity contribution is 7.91. The van der Waals surface area contributed by atoms with E-state index in [0.717, 1.165) is 12.1 Å². The van der Waals surface area contributed by atoms with Gasteiger partial charge in [0.05, 0.1) is 41.2 Å². The van der Waals surface area contributed by atoms with E-state index in [4.69, 9.17) is 0 Å². The molecule has 2 N–H and O–H groups in total. The molecule has 1 heterocycles. The SMILES string of the molecule is CCS(=O)(=O)c1ccc(C(CO)NC(=O)c2ccc(N(Cc3cccc(C(F)(F)F)n3)C(C)C)c(F)c2)cc1. The Balaban J connectivity index is 1.79. The second-order valence-electron chi connectivity index (χ2n) is 9.08. The Morgan fingerprint density at radius 2 is 1.74 bits per heavy atom. The molecule has 3 aromatic rings. The van der Waals surface area contributed by atoms with E-state index in [9.17, 15) is 31.5 Å². The molecule has 0 spiro atoms. The van der Waals surface area contributed by atoms with Gasteiger partial charge in [-0.25, -0.2) is 17.8 Å². The smallest absolute Gasteiger partial charge is 0.394 e. The monoisotopic (exact) mass is 567 g/mol.